The Hall–Kier alpha value is -2.42. The second-order valence-corrected chi connectivity index (χ2v) is 6.66. The molecule has 0 radical (unpaired) electrons. The summed E-state index contributed by atoms with van der Waals surface area (Å²) in [6.45, 7) is 0.231. The quantitative estimate of drug-likeness (QED) is 0.790. The lowest BCUT2D eigenvalue weighted by molar-refractivity contribution is -0.132. The van der Waals surface area contributed by atoms with Crippen molar-refractivity contribution in [2.24, 2.45) is 0 Å². The summed E-state index contributed by atoms with van der Waals surface area (Å²) >= 11 is 1.55. The lowest BCUT2D eigenvalue weighted by Gasteiger charge is -2.15. The number of urea groups is 1. The smallest absolute Gasteiger partial charge is 0.328 e. The Morgan fingerprint density at radius 2 is 2.12 bits per heavy atom. The van der Waals surface area contributed by atoms with Crippen LogP contribution in [0.3, 0.4) is 0 Å². The number of thioether (sulfide) groups is 1. The first kappa shape index (κ1) is 15.1. The van der Waals surface area contributed by atoms with E-state index in [4.69, 9.17) is 9.47 Å². The molecule has 3 aliphatic heterocycles. The molecule has 4 amide bonds. The maximum Gasteiger partial charge on any atom is 0.328 e. The molecule has 1 N–H and O–H groups in total. The van der Waals surface area contributed by atoms with Gasteiger partial charge in [-0.1, -0.05) is 6.07 Å². The van der Waals surface area contributed by atoms with Crippen molar-refractivity contribution in [1.29, 1.82) is 0 Å². The van der Waals surface area contributed by atoms with E-state index in [2.05, 4.69) is 5.32 Å². The van der Waals surface area contributed by atoms with Crippen LogP contribution in [-0.4, -0.2) is 58.7 Å². The first-order valence-corrected chi connectivity index (χ1v) is 8.64. The van der Waals surface area contributed by atoms with Crippen LogP contribution in [0.25, 0.3) is 0 Å². The molecule has 24 heavy (non-hydrogen) atoms. The van der Waals surface area contributed by atoms with Crippen molar-refractivity contribution in [1.82, 2.24) is 15.1 Å². The molecule has 126 valence electrons. The number of nitrogens with zero attached hydrogens (tertiary/aromatic N) is 2. The van der Waals surface area contributed by atoms with Crippen LogP contribution in [0.2, 0.25) is 0 Å². The van der Waals surface area contributed by atoms with Gasteiger partial charge < -0.3 is 19.7 Å². The largest absolute Gasteiger partial charge is 0.454 e. The van der Waals surface area contributed by atoms with E-state index in [9.17, 15) is 14.4 Å². The molecule has 1 aromatic carbocycles. The number of imide groups is 1. The molecule has 3 aliphatic rings. The molecule has 9 heteroatoms. The molecule has 3 heterocycles. The van der Waals surface area contributed by atoms with Crippen molar-refractivity contribution < 1.29 is 23.9 Å². The number of hydrogen-bond donors (Lipinski definition) is 1. The van der Waals surface area contributed by atoms with Crippen LogP contribution in [0.1, 0.15) is 5.56 Å². The van der Waals surface area contributed by atoms with Crippen LogP contribution in [0.15, 0.2) is 18.2 Å². The molecule has 4 rings (SSSR count). The number of amides is 4. The van der Waals surface area contributed by atoms with Gasteiger partial charge in [-0.05, 0) is 17.7 Å². The molecule has 0 saturated carbocycles. The van der Waals surface area contributed by atoms with Gasteiger partial charge >= 0.3 is 6.03 Å². The van der Waals surface area contributed by atoms with E-state index >= 15 is 0 Å². The van der Waals surface area contributed by atoms with Gasteiger partial charge in [-0.3, -0.25) is 14.5 Å². The predicted octanol–water partition coefficient (Wildman–Crippen LogP) is 0.369. The van der Waals surface area contributed by atoms with Gasteiger partial charge in [0, 0.05) is 12.3 Å². The van der Waals surface area contributed by atoms with E-state index in [1.807, 2.05) is 6.07 Å². The minimum absolute atomic E-state index is 0.195. The lowest BCUT2D eigenvalue weighted by atomic mass is 10.2. The second kappa shape index (κ2) is 5.90. The fraction of sp³-hybridized carbons (Fsp3) is 0.400. The maximum absolute atomic E-state index is 12.2. The van der Waals surface area contributed by atoms with Crippen LogP contribution in [0.4, 0.5) is 4.79 Å². The summed E-state index contributed by atoms with van der Waals surface area (Å²) in [5, 5.41) is 2.72. The zero-order valence-electron chi connectivity index (χ0n) is 12.7. The molecule has 0 aromatic heterocycles. The molecule has 2 fully saturated rings. The van der Waals surface area contributed by atoms with Crippen LogP contribution < -0.4 is 14.8 Å². The fourth-order valence-corrected chi connectivity index (χ4v) is 4.00. The highest BCUT2D eigenvalue weighted by Gasteiger charge is 2.48. The SMILES string of the molecule is O=C(CN1C(=O)[C@H]2CSCN2C1=O)NCc1ccc2c(c1)OCO2. The van der Waals surface area contributed by atoms with E-state index < -0.39 is 6.04 Å². The molecule has 2 saturated heterocycles. The minimum atomic E-state index is -0.413. The van der Waals surface area contributed by atoms with Crippen molar-refractivity contribution in [3.05, 3.63) is 23.8 Å². The molecule has 1 aromatic rings. The Bertz CT molecular complexity index is 703. The summed E-state index contributed by atoms with van der Waals surface area (Å²) in [7, 11) is 0. The van der Waals surface area contributed by atoms with Gasteiger partial charge in [0.15, 0.2) is 11.5 Å². The van der Waals surface area contributed by atoms with Gasteiger partial charge in [-0.2, -0.15) is 0 Å². The zero-order valence-corrected chi connectivity index (χ0v) is 13.5. The van der Waals surface area contributed by atoms with E-state index in [0.29, 0.717) is 23.1 Å². The highest BCUT2D eigenvalue weighted by molar-refractivity contribution is 7.99. The number of carbonyl (C=O) groups is 3. The minimum Gasteiger partial charge on any atom is -0.454 e. The Morgan fingerprint density at radius 1 is 1.29 bits per heavy atom. The van der Waals surface area contributed by atoms with Gasteiger partial charge in [-0.15, -0.1) is 11.8 Å². The highest BCUT2D eigenvalue weighted by atomic mass is 32.2. The number of carbonyl (C=O) groups excluding carboxylic acids is 3. The fourth-order valence-electron chi connectivity index (χ4n) is 2.86. The van der Waals surface area contributed by atoms with Crippen molar-refractivity contribution in [3.63, 3.8) is 0 Å². The molecule has 0 spiro atoms. The number of nitrogens with one attached hydrogen (secondary N) is 1. The van der Waals surface area contributed by atoms with Gasteiger partial charge in [-0.25, -0.2) is 4.79 Å². The number of hydrogen-bond acceptors (Lipinski definition) is 6. The molecule has 0 bridgehead atoms. The number of fused-ring (bicyclic) bond motifs is 2. The Morgan fingerprint density at radius 3 is 2.96 bits per heavy atom. The van der Waals surface area contributed by atoms with Gasteiger partial charge in [0.25, 0.3) is 5.91 Å². The third kappa shape index (κ3) is 2.54. The molecular formula is C15H15N3O5S. The normalized spacial score (nSPS) is 21.4. The number of rotatable bonds is 4. The Balaban J connectivity index is 1.34. The van der Waals surface area contributed by atoms with Crippen molar-refractivity contribution in [2.75, 3.05) is 25.0 Å². The summed E-state index contributed by atoms with van der Waals surface area (Å²) in [6.07, 6.45) is 0. The molecule has 8 nitrogen and oxygen atoms in total. The molecule has 0 aliphatic carbocycles. The first-order valence-electron chi connectivity index (χ1n) is 7.48. The monoisotopic (exact) mass is 349 g/mol. The Labute approximate surface area is 142 Å². The Kier molecular flexibility index (Phi) is 3.72. The van der Waals surface area contributed by atoms with Crippen LogP contribution in [0.5, 0.6) is 11.5 Å². The second-order valence-electron chi connectivity index (χ2n) is 5.66. The number of ether oxygens (including phenoxy) is 2. The van der Waals surface area contributed by atoms with Gasteiger partial charge in [0.1, 0.15) is 12.6 Å². The zero-order chi connectivity index (χ0) is 16.7. The van der Waals surface area contributed by atoms with E-state index in [1.54, 1.807) is 23.9 Å². The average molecular weight is 349 g/mol. The topological polar surface area (TPSA) is 88.2 Å². The van der Waals surface area contributed by atoms with Crippen molar-refractivity contribution in [2.45, 2.75) is 12.6 Å². The predicted molar refractivity (Wildman–Crippen MR) is 84.5 cm³/mol. The maximum atomic E-state index is 12.2. The van der Waals surface area contributed by atoms with Gasteiger partial charge in [0.2, 0.25) is 12.7 Å². The molecule has 0 unspecified atom stereocenters. The average Bonchev–Trinajstić information content (AvgIpc) is 3.28. The third-order valence-electron chi connectivity index (χ3n) is 4.14. The molecular weight excluding hydrogens is 334 g/mol. The highest BCUT2D eigenvalue weighted by Crippen LogP contribution is 2.32. The summed E-state index contributed by atoms with van der Waals surface area (Å²) in [5.74, 6) is 1.76. The van der Waals surface area contributed by atoms with Gasteiger partial charge in [0.05, 0.1) is 5.88 Å². The third-order valence-corrected chi connectivity index (χ3v) is 5.15. The van der Waals surface area contributed by atoms with Crippen molar-refractivity contribution in [3.8, 4) is 11.5 Å². The van der Waals surface area contributed by atoms with Crippen LogP contribution >= 0.6 is 11.8 Å². The number of benzene rings is 1. The van der Waals surface area contributed by atoms with E-state index in [1.165, 1.54) is 4.90 Å². The summed E-state index contributed by atoms with van der Waals surface area (Å²) in [5.41, 5.74) is 0.851. The van der Waals surface area contributed by atoms with Crippen LogP contribution in [0, 0.1) is 0 Å². The lowest BCUT2D eigenvalue weighted by Crippen LogP contribution is -2.41. The van der Waals surface area contributed by atoms with E-state index in [0.717, 1.165) is 10.5 Å². The van der Waals surface area contributed by atoms with E-state index in [-0.39, 0.29) is 37.7 Å². The summed E-state index contributed by atoms with van der Waals surface area (Å²) in [4.78, 5) is 38.9. The van der Waals surface area contributed by atoms with Crippen molar-refractivity contribution >= 4 is 29.6 Å². The summed E-state index contributed by atoms with van der Waals surface area (Å²) in [6, 6.07) is 4.61. The first-order chi connectivity index (χ1) is 11.6. The molecule has 1 atom stereocenters. The van der Waals surface area contributed by atoms with Crippen LogP contribution in [-0.2, 0) is 16.1 Å². The summed E-state index contributed by atoms with van der Waals surface area (Å²) < 4.78 is 10.5. The standard InChI is InChI=1S/C15H15N3O5S/c19-13(5-17-14(20)10-6-24-7-18(10)15(17)21)16-4-9-1-2-11-12(3-9)23-8-22-11/h1-3,10H,4-8H2,(H,16,19)/t10-/m1/s1.